The van der Waals surface area contributed by atoms with E-state index < -0.39 is 0 Å². The molecule has 18 heavy (non-hydrogen) atoms. The zero-order valence-electron chi connectivity index (χ0n) is 10.1. The molecule has 0 atom stereocenters. The van der Waals surface area contributed by atoms with Gasteiger partial charge in [-0.15, -0.1) is 0 Å². The molecule has 3 rings (SSSR count). The quantitative estimate of drug-likeness (QED) is 0.474. The van der Waals surface area contributed by atoms with Gasteiger partial charge in [-0.2, -0.15) is 0 Å². The van der Waals surface area contributed by atoms with E-state index in [1.807, 2.05) is 43.3 Å². The lowest BCUT2D eigenvalue weighted by Gasteiger charge is -2.04. The first-order valence-corrected chi connectivity index (χ1v) is 5.79. The molecule has 0 bridgehead atoms. The van der Waals surface area contributed by atoms with E-state index >= 15 is 0 Å². The Morgan fingerprint density at radius 1 is 1.06 bits per heavy atom. The Hall–Kier alpha value is -2.35. The number of benzene rings is 2. The highest BCUT2D eigenvalue weighted by molar-refractivity contribution is 6.04. The fourth-order valence-corrected chi connectivity index (χ4v) is 2.18. The lowest BCUT2D eigenvalue weighted by atomic mass is 10.0. The van der Waals surface area contributed by atoms with Gasteiger partial charge in [-0.25, -0.2) is 4.79 Å². The molecule has 88 valence electrons. The number of hydrogen-bond acceptors (Lipinski definition) is 2. The maximum atomic E-state index is 12.0. The van der Waals surface area contributed by atoms with Gasteiger partial charge in [0.2, 0.25) is 0 Å². The van der Waals surface area contributed by atoms with Gasteiger partial charge >= 0.3 is 5.63 Å². The summed E-state index contributed by atoms with van der Waals surface area (Å²) in [6, 6.07) is 11.6. The predicted octanol–water partition coefficient (Wildman–Crippen LogP) is 3.90. The van der Waals surface area contributed by atoms with Crippen molar-refractivity contribution in [2.45, 2.75) is 6.92 Å². The standard InChI is InChI=1S/C16H12O2/c1-3-11-5-7-12-13-6-4-10(2)8-15(13)18-16(17)14(12)9-11/h3-9H,1H2,2H3. The second-order valence-electron chi connectivity index (χ2n) is 4.40. The summed E-state index contributed by atoms with van der Waals surface area (Å²) in [7, 11) is 0. The van der Waals surface area contributed by atoms with Crippen LogP contribution in [0.2, 0.25) is 0 Å². The second-order valence-corrected chi connectivity index (χ2v) is 4.40. The summed E-state index contributed by atoms with van der Waals surface area (Å²) in [6.45, 7) is 5.69. The van der Waals surface area contributed by atoms with Crippen LogP contribution in [0.15, 0.2) is 52.2 Å². The maximum absolute atomic E-state index is 12.0. The average molecular weight is 236 g/mol. The molecule has 0 aliphatic carbocycles. The van der Waals surface area contributed by atoms with Gasteiger partial charge < -0.3 is 4.42 Å². The van der Waals surface area contributed by atoms with Crippen LogP contribution in [0.1, 0.15) is 11.1 Å². The van der Waals surface area contributed by atoms with Gasteiger partial charge in [-0.3, -0.25) is 0 Å². The molecule has 2 aromatic carbocycles. The fraction of sp³-hybridized carbons (Fsp3) is 0.0625. The summed E-state index contributed by atoms with van der Waals surface area (Å²) in [5, 5.41) is 2.49. The second kappa shape index (κ2) is 3.84. The minimum Gasteiger partial charge on any atom is -0.422 e. The van der Waals surface area contributed by atoms with Gasteiger partial charge in [-0.1, -0.05) is 36.9 Å². The van der Waals surface area contributed by atoms with Crippen LogP contribution in [0.4, 0.5) is 0 Å². The Morgan fingerprint density at radius 2 is 1.83 bits per heavy atom. The van der Waals surface area contributed by atoms with Gasteiger partial charge in [0, 0.05) is 5.39 Å². The average Bonchev–Trinajstić information content (AvgIpc) is 2.38. The molecule has 1 aromatic heterocycles. The highest BCUT2D eigenvalue weighted by Gasteiger charge is 2.07. The molecule has 0 N–H and O–H groups in total. The summed E-state index contributed by atoms with van der Waals surface area (Å²) in [4.78, 5) is 12.0. The molecule has 0 spiro atoms. The van der Waals surface area contributed by atoms with Gasteiger partial charge in [0.25, 0.3) is 0 Å². The molecule has 1 heterocycles. The fourth-order valence-electron chi connectivity index (χ4n) is 2.18. The summed E-state index contributed by atoms with van der Waals surface area (Å²) in [5.41, 5.74) is 2.33. The first-order chi connectivity index (χ1) is 8.69. The summed E-state index contributed by atoms with van der Waals surface area (Å²) >= 11 is 0. The zero-order valence-corrected chi connectivity index (χ0v) is 10.1. The van der Waals surface area contributed by atoms with E-state index in [0.717, 1.165) is 21.9 Å². The number of aryl methyl sites for hydroxylation is 1. The Labute approximate surface area is 104 Å². The van der Waals surface area contributed by atoms with Crippen molar-refractivity contribution in [3.63, 3.8) is 0 Å². The van der Waals surface area contributed by atoms with E-state index in [2.05, 4.69) is 6.58 Å². The number of rotatable bonds is 1. The van der Waals surface area contributed by atoms with Crippen molar-refractivity contribution in [1.82, 2.24) is 0 Å². The van der Waals surface area contributed by atoms with Crippen molar-refractivity contribution in [3.05, 3.63) is 64.5 Å². The number of hydrogen-bond donors (Lipinski definition) is 0. The highest BCUT2D eigenvalue weighted by atomic mass is 16.4. The lowest BCUT2D eigenvalue weighted by Crippen LogP contribution is -2.00. The van der Waals surface area contributed by atoms with Crippen molar-refractivity contribution in [3.8, 4) is 0 Å². The number of fused-ring (bicyclic) bond motifs is 3. The van der Waals surface area contributed by atoms with E-state index in [1.54, 1.807) is 6.08 Å². The van der Waals surface area contributed by atoms with Crippen LogP contribution < -0.4 is 5.63 Å². The molecule has 0 radical (unpaired) electrons. The highest BCUT2D eigenvalue weighted by Crippen LogP contribution is 2.24. The van der Waals surface area contributed by atoms with Gasteiger partial charge in [0.15, 0.2) is 0 Å². The topological polar surface area (TPSA) is 30.2 Å². The van der Waals surface area contributed by atoms with Crippen LogP contribution in [-0.2, 0) is 0 Å². The molecule has 2 nitrogen and oxygen atoms in total. The maximum Gasteiger partial charge on any atom is 0.344 e. The van der Waals surface area contributed by atoms with Crippen LogP contribution in [0.3, 0.4) is 0 Å². The molecule has 0 saturated heterocycles. The van der Waals surface area contributed by atoms with Crippen molar-refractivity contribution in [1.29, 1.82) is 0 Å². The van der Waals surface area contributed by atoms with E-state index in [4.69, 9.17) is 4.42 Å². The zero-order chi connectivity index (χ0) is 12.7. The third-order valence-corrected chi connectivity index (χ3v) is 3.13. The van der Waals surface area contributed by atoms with Gasteiger partial charge in [0.05, 0.1) is 5.39 Å². The van der Waals surface area contributed by atoms with Crippen molar-refractivity contribution < 1.29 is 4.42 Å². The van der Waals surface area contributed by atoms with Crippen molar-refractivity contribution >= 4 is 27.8 Å². The lowest BCUT2D eigenvalue weighted by molar-refractivity contribution is 0.569. The third kappa shape index (κ3) is 1.54. The van der Waals surface area contributed by atoms with Crippen molar-refractivity contribution in [2.24, 2.45) is 0 Å². The minimum atomic E-state index is -0.299. The van der Waals surface area contributed by atoms with Gasteiger partial charge in [0.1, 0.15) is 5.58 Å². The predicted molar refractivity (Wildman–Crippen MR) is 74.8 cm³/mol. The Morgan fingerprint density at radius 3 is 2.61 bits per heavy atom. The molecule has 0 fully saturated rings. The van der Waals surface area contributed by atoms with E-state index in [1.165, 1.54) is 0 Å². The van der Waals surface area contributed by atoms with Crippen LogP contribution in [0.5, 0.6) is 0 Å². The normalized spacial score (nSPS) is 10.9. The molecule has 0 unspecified atom stereocenters. The Bertz CT molecular complexity index is 825. The molecule has 0 saturated carbocycles. The monoisotopic (exact) mass is 236 g/mol. The SMILES string of the molecule is C=Cc1ccc2c(c1)c(=O)oc1cc(C)ccc12. The van der Waals surface area contributed by atoms with Gasteiger partial charge in [-0.05, 0) is 35.6 Å². The molecule has 0 aliphatic rings. The van der Waals surface area contributed by atoms with E-state index in [9.17, 15) is 4.79 Å². The summed E-state index contributed by atoms with van der Waals surface area (Å²) < 4.78 is 5.37. The minimum absolute atomic E-state index is 0.299. The molecule has 2 heteroatoms. The van der Waals surface area contributed by atoms with Crippen LogP contribution in [-0.4, -0.2) is 0 Å². The molecular formula is C16H12O2. The van der Waals surface area contributed by atoms with Crippen molar-refractivity contribution in [2.75, 3.05) is 0 Å². The van der Waals surface area contributed by atoms with Crippen LogP contribution in [0, 0.1) is 6.92 Å². The Kier molecular flexibility index (Phi) is 2.30. The van der Waals surface area contributed by atoms with Crippen LogP contribution in [0.25, 0.3) is 27.8 Å². The smallest absolute Gasteiger partial charge is 0.344 e. The van der Waals surface area contributed by atoms with Crippen LogP contribution >= 0.6 is 0 Å². The molecule has 0 aliphatic heterocycles. The first-order valence-electron chi connectivity index (χ1n) is 5.79. The Balaban J connectivity index is 2.54. The summed E-state index contributed by atoms with van der Waals surface area (Å²) in [6.07, 6.45) is 1.72. The van der Waals surface area contributed by atoms with E-state index in [-0.39, 0.29) is 5.63 Å². The third-order valence-electron chi connectivity index (χ3n) is 3.13. The summed E-state index contributed by atoms with van der Waals surface area (Å²) in [5.74, 6) is 0. The molecular weight excluding hydrogens is 224 g/mol. The molecule has 0 amide bonds. The molecule has 3 aromatic rings. The van der Waals surface area contributed by atoms with E-state index in [0.29, 0.717) is 11.0 Å². The largest absolute Gasteiger partial charge is 0.422 e. The first kappa shape index (κ1) is 10.8.